The molecule has 0 aromatic heterocycles. The van der Waals surface area contributed by atoms with Crippen molar-refractivity contribution in [2.75, 3.05) is 13.2 Å². The van der Waals surface area contributed by atoms with E-state index < -0.39 is 20.1 Å². The van der Waals surface area contributed by atoms with E-state index in [0.717, 1.165) is 5.56 Å². The van der Waals surface area contributed by atoms with Gasteiger partial charge in [0.2, 0.25) is 0 Å². The maximum Gasteiger partial charge on any atom is 0.412 e. The van der Waals surface area contributed by atoms with Crippen LogP contribution in [-0.4, -0.2) is 44.3 Å². The Morgan fingerprint density at radius 1 is 0.917 bits per heavy atom. The van der Waals surface area contributed by atoms with Gasteiger partial charge in [-0.2, -0.15) is 0 Å². The first-order valence-corrected chi connectivity index (χ1v) is 14.4. The average molecular weight is 504 g/mol. The van der Waals surface area contributed by atoms with Crippen LogP contribution in [0.3, 0.4) is 0 Å². The van der Waals surface area contributed by atoms with Crippen molar-refractivity contribution >= 4 is 24.8 Å². The third-order valence-electron chi connectivity index (χ3n) is 6.89. The van der Waals surface area contributed by atoms with Crippen LogP contribution >= 0.6 is 0 Å². The molecule has 1 saturated heterocycles. The molecule has 0 aliphatic carbocycles. The monoisotopic (exact) mass is 503 g/mol. The fraction of sp³-hybridized carbons (Fsp3) is 0.367. The van der Waals surface area contributed by atoms with Gasteiger partial charge in [-0.15, -0.1) is 0 Å². The molecule has 0 spiro atoms. The van der Waals surface area contributed by atoms with Gasteiger partial charge in [-0.3, -0.25) is 4.90 Å². The topological polar surface area (TPSA) is 48.0 Å². The van der Waals surface area contributed by atoms with E-state index in [9.17, 15) is 4.79 Å². The van der Waals surface area contributed by atoms with Crippen molar-refractivity contribution < 1.29 is 18.7 Å². The number of amides is 1. The van der Waals surface area contributed by atoms with Crippen LogP contribution in [0.5, 0.6) is 0 Å². The molecule has 1 aliphatic rings. The van der Waals surface area contributed by atoms with Gasteiger partial charge in [0.25, 0.3) is 8.32 Å². The van der Waals surface area contributed by atoms with Gasteiger partial charge in [0, 0.05) is 0 Å². The fourth-order valence-electron chi connectivity index (χ4n) is 5.15. The van der Waals surface area contributed by atoms with Crippen LogP contribution in [-0.2, 0) is 20.5 Å². The molecular formula is C30H37NO4Si. The van der Waals surface area contributed by atoms with Gasteiger partial charge in [0.15, 0.2) is 0 Å². The zero-order valence-corrected chi connectivity index (χ0v) is 22.9. The van der Waals surface area contributed by atoms with Crippen LogP contribution in [0.4, 0.5) is 4.79 Å². The number of hydrogen-bond donors (Lipinski definition) is 0. The van der Waals surface area contributed by atoms with Crippen molar-refractivity contribution in [2.24, 2.45) is 0 Å². The van der Waals surface area contributed by atoms with Crippen molar-refractivity contribution in [2.45, 2.75) is 58.0 Å². The molecule has 1 heterocycles. The van der Waals surface area contributed by atoms with Crippen LogP contribution in [0.2, 0.25) is 5.04 Å². The Bertz CT molecular complexity index is 1090. The van der Waals surface area contributed by atoms with Gasteiger partial charge < -0.3 is 13.9 Å². The molecule has 1 atom stereocenters. The SMILES string of the molecule is CC1(C)OC[C@@H](CO[Si](c2ccccc2)(c2ccccc2)C(C)(C)C)N1C(=O)OCc1ccccc1. The van der Waals surface area contributed by atoms with E-state index in [-0.39, 0.29) is 17.7 Å². The molecule has 0 N–H and O–H groups in total. The Morgan fingerprint density at radius 2 is 1.42 bits per heavy atom. The zero-order valence-electron chi connectivity index (χ0n) is 21.9. The molecule has 0 saturated carbocycles. The van der Waals surface area contributed by atoms with Gasteiger partial charge >= 0.3 is 6.09 Å². The summed E-state index contributed by atoms with van der Waals surface area (Å²) in [6.07, 6.45) is -0.391. The number of hydrogen-bond acceptors (Lipinski definition) is 4. The maximum absolute atomic E-state index is 13.3. The molecule has 1 aliphatic heterocycles. The molecule has 3 aromatic rings. The van der Waals surface area contributed by atoms with E-state index >= 15 is 0 Å². The summed E-state index contributed by atoms with van der Waals surface area (Å²) in [5.41, 5.74) is 0.164. The summed E-state index contributed by atoms with van der Waals surface area (Å²) in [5.74, 6) is 0. The quantitative estimate of drug-likeness (QED) is 0.409. The molecule has 6 heteroatoms. The lowest BCUT2D eigenvalue weighted by Gasteiger charge is -2.44. The minimum absolute atomic E-state index is 0.149. The van der Waals surface area contributed by atoms with Crippen molar-refractivity contribution in [3.05, 3.63) is 96.6 Å². The highest BCUT2D eigenvalue weighted by Gasteiger charge is 2.52. The summed E-state index contributed by atoms with van der Waals surface area (Å²) in [6, 6.07) is 30.5. The third kappa shape index (κ3) is 5.26. The van der Waals surface area contributed by atoms with Gasteiger partial charge in [-0.25, -0.2) is 4.79 Å². The Balaban J connectivity index is 1.62. The van der Waals surface area contributed by atoms with Gasteiger partial charge in [0.05, 0.1) is 19.3 Å². The summed E-state index contributed by atoms with van der Waals surface area (Å²) in [7, 11) is -2.73. The number of carbonyl (C=O) groups excluding carboxylic acids is 1. The van der Waals surface area contributed by atoms with E-state index in [1.165, 1.54) is 10.4 Å². The van der Waals surface area contributed by atoms with Gasteiger partial charge in [-0.1, -0.05) is 112 Å². The van der Waals surface area contributed by atoms with Gasteiger partial charge in [-0.05, 0) is 34.8 Å². The van der Waals surface area contributed by atoms with E-state index in [1.807, 2.05) is 56.3 Å². The number of rotatable bonds is 7. The predicted molar refractivity (Wildman–Crippen MR) is 146 cm³/mol. The summed E-state index contributed by atoms with van der Waals surface area (Å²) in [5, 5.41) is 2.27. The second-order valence-electron chi connectivity index (χ2n) is 10.8. The fourth-order valence-corrected chi connectivity index (χ4v) is 9.74. The zero-order chi connectivity index (χ0) is 25.8. The first kappa shape index (κ1) is 26.1. The van der Waals surface area contributed by atoms with E-state index in [4.69, 9.17) is 13.9 Å². The van der Waals surface area contributed by atoms with Crippen molar-refractivity contribution in [1.29, 1.82) is 0 Å². The largest absolute Gasteiger partial charge is 0.444 e. The average Bonchev–Trinajstić information content (AvgIpc) is 3.18. The molecular weight excluding hydrogens is 466 g/mol. The minimum Gasteiger partial charge on any atom is -0.444 e. The standard InChI is InChI=1S/C30H37NO4Si/c1-29(2,3)36(26-17-11-7-12-18-26,27-19-13-8-14-20-27)35-23-25-22-34-30(4,5)31(25)28(32)33-21-24-15-9-6-10-16-24/h6-20,25H,21-23H2,1-5H3/t25-/m0/s1. The Labute approximate surface area is 216 Å². The summed E-state index contributed by atoms with van der Waals surface area (Å²) in [4.78, 5) is 15.0. The highest BCUT2D eigenvalue weighted by Crippen LogP contribution is 2.38. The van der Waals surface area contributed by atoms with Crippen molar-refractivity contribution in [3.63, 3.8) is 0 Å². The molecule has 0 radical (unpaired) electrons. The van der Waals surface area contributed by atoms with Crippen molar-refractivity contribution in [3.8, 4) is 0 Å². The second-order valence-corrected chi connectivity index (χ2v) is 15.1. The first-order valence-electron chi connectivity index (χ1n) is 12.5. The second kappa shape index (κ2) is 10.6. The Kier molecular flexibility index (Phi) is 7.69. The summed E-state index contributed by atoms with van der Waals surface area (Å²) >= 11 is 0. The molecule has 1 amide bonds. The maximum atomic E-state index is 13.3. The molecule has 190 valence electrons. The normalized spacial score (nSPS) is 17.7. The number of ether oxygens (including phenoxy) is 2. The van der Waals surface area contributed by atoms with Crippen LogP contribution < -0.4 is 10.4 Å². The molecule has 36 heavy (non-hydrogen) atoms. The highest BCUT2D eigenvalue weighted by atomic mass is 28.4. The lowest BCUT2D eigenvalue weighted by molar-refractivity contribution is -0.0504. The third-order valence-corrected chi connectivity index (χ3v) is 11.9. The van der Waals surface area contributed by atoms with E-state index in [0.29, 0.717) is 13.2 Å². The molecule has 0 unspecified atom stereocenters. The van der Waals surface area contributed by atoms with Gasteiger partial charge in [0.1, 0.15) is 12.3 Å². The van der Waals surface area contributed by atoms with Crippen molar-refractivity contribution in [1.82, 2.24) is 4.90 Å². The predicted octanol–water partition coefficient (Wildman–Crippen LogP) is 5.34. The first-order chi connectivity index (χ1) is 17.1. The minimum atomic E-state index is -2.73. The molecule has 0 bridgehead atoms. The molecule has 3 aromatic carbocycles. The number of nitrogens with zero attached hydrogens (tertiary/aromatic N) is 1. The summed E-state index contributed by atoms with van der Waals surface area (Å²) < 4.78 is 18.9. The van der Waals surface area contributed by atoms with E-state index in [2.05, 4.69) is 69.3 Å². The van der Waals surface area contributed by atoms with E-state index in [1.54, 1.807) is 4.90 Å². The lowest BCUT2D eigenvalue weighted by Crippen LogP contribution is -2.67. The summed E-state index contributed by atoms with van der Waals surface area (Å²) in [6.45, 7) is 11.5. The molecule has 4 rings (SSSR count). The van der Waals surface area contributed by atoms with Crippen LogP contribution in [0.25, 0.3) is 0 Å². The molecule has 5 nitrogen and oxygen atoms in total. The smallest absolute Gasteiger partial charge is 0.412 e. The number of carbonyl (C=O) groups is 1. The number of benzene rings is 3. The highest BCUT2D eigenvalue weighted by molar-refractivity contribution is 6.99. The van der Waals surface area contributed by atoms with Crippen LogP contribution in [0.1, 0.15) is 40.2 Å². The lowest BCUT2D eigenvalue weighted by atomic mass is 10.2. The van der Waals surface area contributed by atoms with Crippen LogP contribution in [0, 0.1) is 0 Å². The molecule has 1 fully saturated rings. The Hall–Kier alpha value is -2.93. The Morgan fingerprint density at radius 3 is 1.92 bits per heavy atom. The van der Waals surface area contributed by atoms with Crippen LogP contribution in [0.15, 0.2) is 91.0 Å².